The van der Waals surface area contributed by atoms with Crippen LogP contribution in [0.4, 0.5) is 0 Å². The number of aromatic nitrogens is 3. The summed E-state index contributed by atoms with van der Waals surface area (Å²) in [4.78, 5) is 8.83. The Bertz CT molecular complexity index is 796. The van der Waals surface area contributed by atoms with Gasteiger partial charge < -0.3 is 0 Å². The van der Waals surface area contributed by atoms with E-state index in [4.69, 9.17) is 0 Å². The van der Waals surface area contributed by atoms with Crippen LogP contribution in [0, 0.1) is 18.3 Å². The Balaban J connectivity index is 2.38. The Hall–Kier alpha value is -2.67. The van der Waals surface area contributed by atoms with Crippen molar-refractivity contribution < 1.29 is 0 Å². The highest BCUT2D eigenvalue weighted by Crippen LogP contribution is 2.30. The zero-order chi connectivity index (χ0) is 14.1. The topological polar surface area (TPSA) is 54.0 Å². The zero-order valence-corrected chi connectivity index (χ0v) is 11.4. The lowest BCUT2D eigenvalue weighted by molar-refractivity contribution is 0.882. The summed E-state index contributed by atoms with van der Waals surface area (Å²) in [5, 5.41) is 9.32. The molecule has 4 heteroatoms. The van der Waals surface area contributed by atoms with Gasteiger partial charge in [0.2, 0.25) is 0 Å². The van der Waals surface area contributed by atoms with E-state index in [1.54, 1.807) is 12.4 Å². The van der Waals surface area contributed by atoms with Gasteiger partial charge in [0.1, 0.15) is 5.65 Å². The summed E-state index contributed by atoms with van der Waals surface area (Å²) < 4.78 is 2.05. The molecule has 0 aromatic carbocycles. The minimum absolute atomic E-state index is 0.235. The molecule has 1 atom stereocenters. The molecule has 98 valence electrons. The summed E-state index contributed by atoms with van der Waals surface area (Å²) in [6, 6.07) is 12.1. The number of nitriles is 1. The van der Waals surface area contributed by atoms with Crippen LogP contribution in [0.25, 0.3) is 16.9 Å². The van der Waals surface area contributed by atoms with Gasteiger partial charge in [0.05, 0.1) is 23.4 Å². The molecule has 0 amide bonds. The van der Waals surface area contributed by atoms with Gasteiger partial charge >= 0.3 is 0 Å². The van der Waals surface area contributed by atoms with Crippen LogP contribution in [0.2, 0.25) is 0 Å². The molecule has 0 spiro atoms. The summed E-state index contributed by atoms with van der Waals surface area (Å²) in [7, 11) is 0. The van der Waals surface area contributed by atoms with Crippen molar-refractivity contribution in [3.63, 3.8) is 0 Å². The third kappa shape index (κ3) is 1.84. The summed E-state index contributed by atoms with van der Waals surface area (Å²) in [5.74, 6) is -0.235. The number of nitrogens with zero attached hydrogens (tertiary/aromatic N) is 4. The first-order chi connectivity index (χ1) is 9.72. The molecule has 3 aromatic rings. The van der Waals surface area contributed by atoms with Crippen molar-refractivity contribution in [1.29, 1.82) is 5.26 Å². The molecule has 0 aliphatic carbocycles. The van der Waals surface area contributed by atoms with Crippen molar-refractivity contribution in [2.75, 3.05) is 0 Å². The Kier molecular flexibility index (Phi) is 2.96. The molecular formula is C16H14N4. The van der Waals surface area contributed by atoms with Crippen LogP contribution in [-0.4, -0.2) is 14.4 Å². The molecule has 1 unspecified atom stereocenters. The predicted octanol–water partition coefficient (Wildman–Crippen LogP) is 3.33. The SMILES string of the molecule is Cc1cccc2nc(-c3cccnc3)c(C(C)C#N)n12. The van der Waals surface area contributed by atoms with Gasteiger partial charge in [-0.2, -0.15) is 5.26 Å². The number of hydrogen-bond donors (Lipinski definition) is 0. The second-order valence-corrected chi connectivity index (χ2v) is 4.80. The first-order valence-electron chi connectivity index (χ1n) is 6.50. The molecule has 0 aliphatic heterocycles. The molecule has 0 N–H and O–H groups in total. The summed E-state index contributed by atoms with van der Waals surface area (Å²) in [5.41, 5.74) is 4.63. The van der Waals surface area contributed by atoms with Crippen LogP contribution in [0.5, 0.6) is 0 Å². The molecule has 4 nitrogen and oxygen atoms in total. The van der Waals surface area contributed by atoms with E-state index in [1.807, 2.05) is 44.2 Å². The molecule has 3 rings (SSSR count). The summed E-state index contributed by atoms with van der Waals surface area (Å²) >= 11 is 0. The van der Waals surface area contributed by atoms with Gasteiger partial charge in [0, 0.05) is 23.7 Å². The van der Waals surface area contributed by atoms with Gasteiger partial charge in [-0.25, -0.2) is 4.98 Å². The van der Waals surface area contributed by atoms with Crippen LogP contribution < -0.4 is 0 Å². The van der Waals surface area contributed by atoms with E-state index < -0.39 is 0 Å². The fraction of sp³-hybridized carbons (Fsp3) is 0.188. The monoisotopic (exact) mass is 262 g/mol. The van der Waals surface area contributed by atoms with Gasteiger partial charge in [-0.1, -0.05) is 6.07 Å². The van der Waals surface area contributed by atoms with E-state index in [0.717, 1.165) is 28.3 Å². The second kappa shape index (κ2) is 4.78. The number of aryl methyl sites for hydroxylation is 1. The average Bonchev–Trinajstić information content (AvgIpc) is 2.88. The summed E-state index contributed by atoms with van der Waals surface area (Å²) in [6.45, 7) is 3.92. The number of fused-ring (bicyclic) bond motifs is 1. The molecule has 20 heavy (non-hydrogen) atoms. The quantitative estimate of drug-likeness (QED) is 0.711. The molecule has 3 heterocycles. The summed E-state index contributed by atoms with van der Waals surface area (Å²) in [6.07, 6.45) is 3.52. The van der Waals surface area contributed by atoms with Crippen LogP contribution in [-0.2, 0) is 0 Å². The van der Waals surface area contributed by atoms with Gasteiger partial charge in [-0.3, -0.25) is 9.38 Å². The highest BCUT2D eigenvalue weighted by Gasteiger charge is 2.20. The van der Waals surface area contributed by atoms with Gasteiger partial charge in [0.15, 0.2) is 0 Å². The minimum atomic E-state index is -0.235. The maximum atomic E-state index is 9.32. The van der Waals surface area contributed by atoms with E-state index in [9.17, 15) is 5.26 Å². The third-order valence-electron chi connectivity index (χ3n) is 3.41. The highest BCUT2D eigenvalue weighted by molar-refractivity contribution is 5.67. The largest absolute Gasteiger partial charge is 0.299 e. The first kappa shape index (κ1) is 12.4. The Morgan fingerprint density at radius 2 is 2.10 bits per heavy atom. The smallest absolute Gasteiger partial charge is 0.137 e. The molecule has 0 saturated heterocycles. The number of rotatable bonds is 2. The Morgan fingerprint density at radius 3 is 2.80 bits per heavy atom. The van der Waals surface area contributed by atoms with Crippen molar-refractivity contribution in [2.45, 2.75) is 19.8 Å². The van der Waals surface area contributed by atoms with Crippen LogP contribution in [0.1, 0.15) is 24.2 Å². The van der Waals surface area contributed by atoms with Gasteiger partial charge in [0.25, 0.3) is 0 Å². The van der Waals surface area contributed by atoms with E-state index in [0.29, 0.717) is 0 Å². The van der Waals surface area contributed by atoms with Crippen molar-refractivity contribution in [1.82, 2.24) is 14.4 Å². The van der Waals surface area contributed by atoms with Crippen LogP contribution in [0.3, 0.4) is 0 Å². The predicted molar refractivity (Wildman–Crippen MR) is 77.2 cm³/mol. The highest BCUT2D eigenvalue weighted by atomic mass is 15.0. The maximum absolute atomic E-state index is 9.32. The van der Waals surface area contributed by atoms with E-state index in [2.05, 4.69) is 20.4 Å². The molecule has 0 aliphatic rings. The Morgan fingerprint density at radius 1 is 1.25 bits per heavy atom. The number of hydrogen-bond acceptors (Lipinski definition) is 3. The van der Waals surface area contributed by atoms with Crippen molar-refractivity contribution >= 4 is 5.65 Å². The Labute approximate surface area is 117 Å². The molecule has 3 aromatic heterocycles. The van der Waals surface area contributed by atoms with Crippen molar-refractivity contribution in [2.24, 2.45) is 0 Å². The van der Waals surface area contributed by atoms with E-state index in [1.165, 1.54) is 0 Å². The van der Waals surface area contributed by atoms with E-state index >= 15 is 0 Å². The average molecular weight is 262 g/mol. The first-order valence-corrected chi connectivity index (χ1v) is 6.50. The van der Waals surface area contributed by atoms with Gasteiger partial charge in [-0.15, -0.1) is 0 Å². The van der Waals surface area contributed by atoms with Crippen molar-refractivity contribution in [3.05, 3.63) is 54.1 Å². The zero-order valence-electron chi connectivity index (χ0n) is 11.4. The molecular weight excluding hydrogens is 248 g/mol. The molecule has 0 saturated carbocycles. The third-order valence-corrected chi connectivity index (χ3v) is 3.41. The fourth-order valence-corrected chi connectivity index (χ4v) is 2.46. The fourth-order valence-electron chi connectivity index (χ4n) is 2.46. The van der Waals surface area contributed by atoms with Gasteiger partial charge in [-0.05, 0) is 38.1 Å². The lowest BCUT2D eigenvalue weighted by atomic mass is 10.0. The van der Waals surface area contributed by atoms with E-state index in [-0.39, 0.29) is 5.92 Å². The lowest BCUT2D eigenvalue weighted by Crippen LogP contribution is -2.01. The standard InChI is InChI=1S/C16H14N4/c1-11(9-17)16-15(13-6-4-8-18-10-13)19-14-7-3-5-12(2)20(14)16/h3-8,10-11H,1-2H3. The maximum Gasteiger partial charge on any atom is 0.137 e. The molecule has 0 bridgehead atoms. The normalized spacial score (nSPS) is 12.2. The second-order valence-electron chi connectivity index (χ2n) is 4.80. The lowest BCUT2D eigenvalue weighted by Gasteiger charge is -2.08. The van der Waals surface area contributed by atoms with Crippen molar-refractivity contribution in [3.8, 4) is 17.3 Å². The number of imidazole rings is 1. The van der Waals surface area contributed by atoms with Crippen LogP contribution in [0.15, 0.2) is 42.7 Å². The minimum Gasteiger partial charge on any atom is -0.299 e. The molecule has 0 fully saturated rings. The van der Waals surface area contributed by atoms with Crippen LogP contribution >= 0.6 is 0 Å². The number of pyridine rings is 2. The molecule has 0 radical (unpaired) electrons.